The summed E-state index contributed by atoms with van der Waals surface area (Å²) >= 11 is 0. The Hall–Kier alpha value is -3.53. The maximum Gasteiger partial charge on any atom is 0.160 e. The third-order valence-corrected chi connectivity index (χ3v) is 26.0. The van der Waals surface area contributed by atoms with E-state index in [2.05, 4.69) is 78.5 Å². The minimum Gasteiger partial charge on any atom is -0.393 e. The van der Waals surface area contributed by atoms with Gasteiger partial charge in [0.15, 0.2) is 5.78 Å². The molecule has 8 fully saturated rings. The normalized spacial score (nSPS) is 42.4. The van der Waals surface area contributed by atoms with Crippen molar-refractivity contribution < 1.29 is 44.3 Å². The molecule has 17 atom stereocenters. The lowest BCUT2D eigenvalue weighted by Crippen LogP contribution is -2.73. The van der Waals surface area contributed by atoms with Crippen LogP contribution in [0.5, 0.6) is 0 Å². The number of H-pyrrole nitrogens is 1. The lowest BCUT2D eigenvalue weighted by Gasteiger charge is -2.75. The molecule has 2 saturated heterocycles. The van der Waals surface area contributed by atoms with Crippen LogP contribution in [0.2, 0.25) is 0 Å². The van der Waals surface area contributed by atoms with E-state index in [-0.39, 0.29) is 35.7 Å². The van der Waals surface area contributed by atoms with Crippen LogP contribution in [-0.4, -0.2) is 118 Å². The number of aromatic nitrogens is 2. The summed E-state index contributed by atoms with van der Waals surface area (Å²) in [5.41, 5.74) is 3.26. The number of aliphatic hydroxyl groups is 4. The van der Waals surface area contributed by atoms with Gasteiger partial charge in [0.25, 0.3) is 0 Å². The fraction of sp³-hybridized carbons (Fsp3) is 0.750. The van der Waals surface area contributed by atoms with Gasteiger partial charge in [0, 0.05) is 91.8 Å². The highest BCUT2D eigenvalue weighted by molar-refractivity contribution is 6.02. The summed E-state index contributed by atoms with van der Waals surface area (Å²) in [6.07, 6.45) is 17.5. The van der Waals surface area contributed by atoms with Gasteiger partial charge in [-0.05, 0) is 191 Å². The number of hydrogen-bond acceptors (Lipinski definition) is 11. The highest BCUT2D eigenvalue weighted by Crippen LogP contribution is 2.81. The topological polar surface area (TPSA) is 199 Å². The first kappa shape index (κ1) is 56.6. The van der Waals surface area contributed by atoms with Crippen LogP contribution in [0.4, 0.5) is 0 Å². The molecule has 7 N–H and O–H groups in total. The molecule has 13 rings (SSSR count). The van der Waals surface area contributed by atoms with E-state index in [0.717, 1.165) is 121 Å². The number of allylic oxidation sites excluding steroid dienone is 1. The molecule has 13 heteroatoms. The second-order valence-electron chi connectivity index (χ2n) is 30.2. The lowest BCUT2D eigenvalue weighted by atomic mass is 9.29. The number of ketones is 2. The summed E-state index contributed by atoms with van der Waals surface area (Å²) in [5, 5.41) is 58.1. The number of ether oxygens (including phenoxy) is 2. The van der Waals surface area contributed by atoms with Crippen molar-refractivity contribution in [1.82, 2.24) is 20.2 Å². The summed E-state index contributed by atoms with van der Waals surface area (Å²) in [6.45, 7) is 15.6. The van der Waals surface area contributed by atoms with Crippen molar-refractivity contribution >= 4 is 28.9 Å². The molecule has 81 heavy (non-hydrogen) atoms. The molecule has 3 aromatic rings. The second kappa shape index (κ2) is 19.8. The molecule has 0 unspecified atom stereocenters. The molecule has 2 aromatic heterocycles. The Labute approximate surface area is 480 Å². The van der Waals surface area contributed by atoms with Crippen LogP contribution in [0.1, 0.15) is 203 Å². The van der Waals surface area contributed by atoms with Gasteiger partial charge in [0.2, 0.25) is 0 Å². The Balaban J connectivity index is 0.997. The van der Waals surface area contributed by atoms with Crippen LogP contribution < -0.4 is 10.6 Å². The Morgan fingerprint density at radius 3 is 2.35 bits per heavy atom. The van der Waals surface area contributed by atoms with E-state index in [1.807, 2.05) is 27.9 Å². The quantitative estimate of drug-likeness (QED) is 0.0713. The number of nitrogens with zero attached hydrogens (tertiary/aromatic N) is 1. The van der Waals surface area contributed by atoms with E-state index in [9.17, 15) is 25.2 Å². The van der Waals surface area contributed by atoms with E-state index in [1.165, 1.54) is 12.0 Å². The van der Waals surface area contributed by atoms with Crippen LogP contribution >= 0.6 is 0 Å². The summed E-state index contributed by atoms with van der Waals surface area (Å²) < 4.78 is 14.3. The summed E-state index contributed by atoms with van der Waals surface area (Å²) in [4.78, 5) is 49.3. The molecule has 13 nitrogen and oxygen atoms in total. The number of carbonyl (C=O) groups is 3. The van der Waals surface area contributed by atoms with Gasteiger partial charge in [-0.1, -0.05) is 65.2 Å². The van der Waals surface area contributed by atoms with Crippen LogP contribution in [0.3, 0.4) is 0 Å². The fourth-order valence-corrected chi connectivity index (χ4v) is 21.8. The van der Waals surface area contributed by atoms with Crippen molar-refractivity contribution in [3.05, 3.63) is 69.6 Å². The van der Waals surface area contributed by atoms with Crippen LogP contribution in [0.15, 0.2) is 41.7 Å². The molecule has 0 bridgehead atoms. The molecule has 5 heterocycles. The number of Topliss-reactive ketones (excluding diaryl/α,β-unsaturated/α-hetero) is 2. The molecular formula is C68H96N4O9. The average Bonchev–Trinajstić information content (AvgIpc) is 1.87. The van der Waals surface area contributed by atoms with Crippen LogP contribution in [-0.2, 0) is 42.4 Å². The van der Waals surface area contributed by atoms with Gasteiger partial charge in [0.05, 0.1) is 46.5 Å². The van der Waals surface area contributed by atoms with Gasteiger partial charge in [-0.25, -0.2) is 0 Å². The molecule has 3 aliphatic heterocycles. The number of aliphatic hydroxyl groups excluding tert-OH is 3. The summed E-state index contributed by atoms with van der Waals surface area (Å²) in [7, 11) is 4.05. The predicted molar refractivity (Wildman–Crippen MR) is 312 cm³/mol. The monoisotopic (exact) mass is 1110 g/mol. The maximum atomic E-state index is 15.9. The van der Waals surface area contributed by atoms with Crippen molar-refractivity contribution in [1.29, 1.82) is 0 Å². The molecule has 442 valence electrons. The lowest BCUT2D eigenvalue weighted by molar-refractivity contribution is -0.267. The minimum atomic E-state index is -1.09. The number of rotatable bonds is 11. The smallest absolute Gasteiger partial charge is 0.160 e. The zero-order valence-electron chi connectivity index (χ0n) is 50.1. The molecule has 1 aromatic carbocycles. The van der Waals surface area contributed by atoms with Crippen molar-refractivity contribution in [2.24, 2.45) is 56.2 Å². The van der Waals surface area contributed by atoms with Gasteiger partial charge in [0.1, 0.15) is 18.2 Å². The number of fused-ring (bicyclic) bond motifs is 6. The van der Waals surface area contributed by atoms with Crippen molar-refractivity contribution in [3.8, 4) is 0 Å². The first-order valence-electron chi connectivity index (χ1n) is 32.0. The Bertz CT molecular complexity index is 3020. The standard InChI is InChI=1S/C68H96N4O9/c1-61(2)60(81-61)51(76)31-62(3)19-15-40-35-71-56-47(49(38-73)42-26-41(46-14-10-9-12-39(46)34-69-7)27-43(28-42)68(79)22-24-80-25-23-68)36-72(57(40)56)37-48-54-55(62)50(75)32-64(54,5)63(4)20-17-52-65(6,59(63)58(48)78)66(21-16-45(74)30-66)33-53(77)67(52)18-11-13-44(29-67)70-8/h26-28,35-36,38-39,44-46,48-49,51-52,58-60,69-71,74,76,78-79H,9-25,29-34,37H2,1-8H3/t39-,44-,45-,46+,48+,49+,51-,52-,58-,59+,60-,62+,63+,64+,65-,66-,67+/m1/s1. The van der Waals surface area contributed by atoms with E-state index >= 15 is 9.59 Å². The molecule has 0 radical (unpaired) electrons. The zero-order chi connectivity index (χ0) is 57.0. The van der Waals surface area contributed by atoms with E-state index < -0.39 is 73.8 Å². The number of benzene rings is 1. The largest absolute Gasteiger partial charge is 0.393 e. The molecule has 7 aliphatic carbocycles. The Kier molecular flexibility index (Phi) is 13.8. The van der Waals surface area contributed by atoms with E-state index in [0.29, 0.717) is 89.2 Å². The van der Waals surface area contributed by atoms with Crippen molar-refractivity contribution in [2.45, 2.75) is 230 Å². The first-order chi connectivity index (χ1) is 38.5. The Morgan fingerprint density at radius 1 is 0.877 bits per heavy atom. The molecule has 2 spiro atoms. The summed E-state index contributed by atoms with van der Waals surface area (Å²) in [6, 6.07) is 6.80. The van der Waals surface area contributed by atoms with Crippen LogP contribution in [0, 0.1) is 56.2 Å². The number of aldehydes is 1. The Morgan fingerprint density at radius 2 is 1.64 bits per heavy atom. The van der Waals surface area contributed by atoms with Crippen molar-refractivity contribution in [2.75, 3.05) is 33.9 Å². The number of aromatic amines is 1. The van der Waals surface area contributed by atoms with Crippen LogP contribution in [0.25, 0.3) is 11.0 Å². The predicted octanol–water partition coefficient (Wildman–Crippen LogP) is 9.63. The average molecular weight is 1110 g/mol. The second-order valence-corrected chi connectivity index (χ2v) is 30.2. The molecule has 6 saturated carbocycles. The van der Waals surface area contributed by atoms with Gasteiger partial charge in [-0.2, -0.15) is 0 Å². The number of hydrogen-bond donors (Lipinski definition) is 7. The fourth-order valence-electron chi connectivity index (χ4n) is 21.8. The number of nitrogens with one attached hydrogen (secondary N) is 3. The molecular weight excluding hydrogens is 1020 g/mol. The highest BCUT2D eigenvalue weighted by atomic mass is 16.6. The SMILES string of the molecule is CNC[C@H]1CCCC[C@@H]1c1cc([C@H](C=O)c2cn3c4c(c[nH]c24)CC[C@@](C)(C[C@@H](O)[C@H]2OC2(C)C)C2=C4[C@H](C3)[C@@H](O)[C@@H]3[C@@]5(C)[C@@H](CC[C@]3(C)[C@@]4(C)CC2=O)[C@@]2(CCC[C@@H](NC)C2)C(=O)C[C@]52CC[C@@H](O)C2)cc(C2(O)CCOCC2)c1. The van der Waals surface area contributed by atoms with E-state index in [1.54, 1.807) is 0 Å². The third-order valence-electron chi connectivity index (χ3n) is 26.0. The number of epoxide rings is 1. The number of aryl methyl sites for hydroxylation is 1. The van der Waals surface area contributed by atoms with Gasteiger partial charge >= 0.3 is 0 Å². The van der Waals surface area contributed by atoms with Gasteiger partial charge in [-0.15, -0.1) is 0 Å². The number of carbonyl (C=O) groups excluding carboxylic acids is 3. The molecule has 10 aliphatic rings. The summed E-state index contributed by atoms with van der Waals surface area (Å²) in [5.74, 6) is -0.380. The van der Waals surface area contributed by atoms with Crippen molar-refractivity contribution in [3.63, 3.8) is 0 Å². The minimum absolute atomic E-state index is 0.00976. The molecule has 0 amide bonds. The third kappa shape index (κ3) is 8.27. The zero-order valence-corrected chi connectivity index (χ0v) is 50.1. The van der Waals surface area contributed by atoms with Gasteiger partial charge in [-0.3, -0.25) is 9.59 Å². The highest BCUT2D eigenvalue weighted by Gasteiger charge is 2.78. The first-order valence-corrected chi connectivity index (χ1v) is 32.0. The maximum absolute atomic E-state index is 15.9. The van der Waals surface area contributed by atoms with Gasteiger partial charge < -0.3 is 54.9 Å². The van der Waals surface area contributed by atoms with E-state index in [4.69, 9.17) is 9.47 Å².